The SMILES string of the molecule is CC(c1ccc(C(C)C)cc1)=[N+]1CCC(=S)N1. The van der Waals surface area contributed by atoms with Crippen molar-refractivity contribution in [2.24, 2.45) is 0 Å². The van der Waals surface area contributed by atoms with Gasteiger partial charge in [-0.25, -0.2) is 0 Å². The Morgan fingerprint density at radius 1 is 1.29 bits per heavy atom. The fourth-order valence-electron chi connectivity index (χ4n) is 1.99. The smallest absolute Gasteiger partial charge is 0.159 e. The molecule has 0 bridgehead atoms. The molecule has 0 atom stereocenters. The van der Waals surface area contributed by atoms with Gasteiger partial charge in [0.25, 0.3) is 0 Å². The molecule has 1 heterocycles. The molecule has 0 unspecified atom stereocenters. The van der Waals surface area contributed by atoms with Gasteiger partial charge >= 0.3 is 0 Å². The number of nitrogens with one attached hydrogen (secondary N) is 1. The van der Waals surface area contributed by atoms with E-state index in [1.807, 2.05) is 0 Å². The number of hydrogen-bond donors (Lipinski definition) is 1. The van der Waals surface area contributed by atoms with Crippen LogP contribution in [-0.4, -0.2) is 21.9 Å². The maximum Gasteiger partial charge on any atom is 0.210 e. The van der Waals surface area contributed by atoms with Gasteiger partial charge in [-0.2, -0.15) is 5.43 Å². The molecule has 0 spiro atoms. The Labute approximate surface area is 108 Å². The second-order valence-corrected chi connectivity index (χ2v) is 5.29. The van der Waals surface area contributed by atoms with Crippen LogP contribution in [0.2, 0.25) is 0 Å². The second-order valence-electron chi connectivity index (χ2n) is 4.80. The van der Waals surface area contributed by atoms with Crippen molar-refractivity contribution in [3.8, 4) is 0 Å². The average molecular weight is 247 g/mol. The zero-order valence-electron chi connectivity index (χ0n) is 10.7. The van der Waals surface area contributed by atoms with E-state index >= 15 is 0 Å². The minimum absolute atomic E-state index is 0.585. The lowest BCUT2D eigenvalue weighted by Gasteiger charge is -2.06. The largest absolute Gasteiger partial charge is 0.210 e. The van der Waals surface area contributed by atoms with Crippen molar-refractivity contribution < 1.29 is 4.68 Å². The maximum atomic E-state index is 5.15. The van der Waals surface area contributed by atoms with Crippen LogP contribution in [0.25, 0.3) is 0 Å². The number of hydrazine groups is 1. The van der Waals surface area contributed by atoms with Gasteiger partial charge < -0.3 is 0 Å². The van der Waals surface area contributed by atoms with E-state index in [4.69, 9.17) is 12.2 Å². The Bertz CT molecular complexity index is 458. The van der Waals surface area contributed by atoms with Crippen LogP contribution in [0, 0.1) is 0 Å². The molecule has 2 nitrogen and oxygen atoms in total. The molecule has 2 rings (SSSR count). The number of benzene rings is 1. The monoisotopic (exact) mass is 247 g/mol. The first-order valence-corrected chi connectivity index (χ1v) is 6.49. The highest BCUT2D eigenvalue weighted by molar-refractivity contribution is 7.80. The van der Waals surface area contributed by atoms with Crippen molar-refractivity contribution in [2.75, 3.05) is 6.54 Å². The Morgan fingerprint density at radius 3 is 2.41 bits per heavy atom. The van der Waals surface area contributed by atoms with Gasteiger partial charge in [0, 0.05) is 12.5 Å². The summed E-state index contributed by atoms with van der Waals surface area (Å²) >= 11 is 5.15. The molecule has 0 radical (unpaired) electrons. The molecule has 1 saturated heterocycles. The summed E-state index contributed by atoms with van der Waals surface area (Å²) in [6.07, 6.45) is 0.955. The molecular weight excluding hydrogens is 228 g/mol. The summed E-state index contributed by atoms with van der Waals surface area (Å²) in [7, 11) is 0. The van der Waals surface area contributed by atoms with E-state index in [0.717, 1.165) is 18.0 Å². The number of nitrogens with zero attached hydrogens (tertiary/aromatic N) is 1. The van der Waals surface area contributed by atoms with E-state index in [-0.39, 0.29) is 0 Å². The lowest BCUT2D eigenvalue weighted by molar-refractivity contribution is -0.555. The number of thiocarbonyl (C=S) groups is 1. The van der Waals surface area contributed by atoms with Crippen molar-refractivity contribution >= 4 is 22.9 Å². The minimum atomic E-state index is 0.585. The molecule has 1 aromatic rings. The lowest BCUT2D eigenvalue weighted by Crippen LogP contribution is -2.28. The minimum Gasteiger partial charge on any atom is -0.159 e. The van der Waals surface area contributed by atoms with E-state index in [1.165, 1.54) is 16.8 Å². The Kier molecular flexibility index (Phi) is 3.57. The lowest BCUT2D eigenvalue weighted by atomic mass is 10.0. The second kappa shape index (κ2) is 4.96. The van der Waals surface area contributed by atoms with Gasteiger partial charge in [-0.3, -0.25) is 0 Å². The van der Waals surface area contributed by atoms with Crippen molar-refractivity contribution in [1.29, 1.82) is 0 Å². The molecule has 1 aliphatic rings. The zero-order valence-corrected chi connectivity index (χ0v) is 11.5. The van der Waals surface area contributed by atoms with E-state index < -0.39 is 0 Å². The van der Waals surface area contributed by atoms with E-state index in [9.17, 15) is 0 Å². The molecule has 1 aliphatic heterocycles. The van der Waals surface area contributed by atoms with Crippen LogP contribution in [0.4, 0.5) is 0 Å². The first-order chi connectivity index (χ1) is 8.08. The third-order valence-electron chi connectivity index (χ3n) is 3.22. The van der Waals surface area contributed by atoms with Gasteiger partial charge in [-0.05, 0) is 23.6 Å². The van der Waals surface area contributed by atoms with E-state index in [2.05, 4.69) is 55.1 Å². The van der Waals surface area contributed by atoms with Crippen LogP contribution in [0.15, 0.2) is 24.3 Å². The highest BCUT2D eigenvalue weighted by Crippen LogP contribution is 2.15. The van der Waals surface area contributed by atoms with Crippen LogP contribution in [0.3, 0.4) is 0 Å². The van der Waals surface area contributed by atoms with Crippen LogP contribution < -0.4 is 5.43 Å². The first-order valence-electron chi connectivity index (χ1n) is 6.09. The van der Waals surface area contributed by atoms with Gasteiger partial charge in [0.2, 0.25) is 5.71 Å². The molecule has 3 heteroatoms. The molecule has 1 fully saturated rings. The van der Waals surface area contributed by atoms with E-state index in [1.54, 1.807) is 0 Å². The third-order valence-corrected chi connectivity index (χ3v) is 3.52. The quantitative estimate of drug-likeness (QED) is 0.638. The van der Waals surface area contributed by atoms with Gasteiger partial charge in [0.05, 0.1) is 6.42 Å². The number of hydrogen-bond acceptors (Lipinski definition) is 1. The maximum absolute atomic E-state index is 5.15. The standard InChI is InChI=1S/C14H18N2S/c1-10(2)12-4-6-13(7-5-12)11(3)16-9-8-14(17)15-16/h4-7,10H,8-9H2,1-3H3/p+1. The van der Waals surface area contributed by atoms with Gasteiger partial charge in [-0.15, -0.1) is 4.68 Å². The Morgan fingerprint density at radius 2 is 1.94 bits per heavy atom. The fraction of sp³-hybridized carbons (Fsp3) is 0.429. The molecule has 90 valence electrons. The van der Waals surface area contributed by atoms with Crippen LogP contribution in [0.1, 0.15) is 44.2 Å². The molecule has 0 amide bonds. The van der Waals surface area contributed by atoms with E-state index in [0.29, 0.717) is 5.92 Å². The van der Waals surface area contributed by atoms with Crippen LogP contribution >= 0.6 is 12.2 Å². The van der Waals surface area contributed by atoms with Crippen molar-refractivity contribution in [2.45, 2.75) is 33.1 Å². The van der Waals surface area contributed by atoms with Crippen molar-refractivity contribution in [3.63, 3.8) is 0 Å². The molecule has 1 aromatic carbocycles. The highest BCUT2D eigenvalue weighted by Gasteiger charge is 2.21. The molecule has 0 aliphatic carbocycles. The summed E-state index contributed by atoms with van der Waals surface area (Å²) in [6, 6.07) is 8.79. The normalized spacial score (nSPS) is 18.5. The Balaban J connectivity index is 2.25. The van der Waals surface area contributed by atoms with Gasteiger partial charge in [-0.1, -0.05) is 38.2 Å². The molecule has 0 aromatic heterocycles. The summed E-state index contributed by atoms with van der Waals surface area (Å²) in [5.74, 6) is 0.585. The summed E-state index contributed by atoms with van der Waals surface area (Å²) in [4.78, 5) is 0.933. The molecule has 17 heavy (non-hydrogen) atoms. The van der Waals surface area contributed by atoms with Crippen molar-refractivity contribution in [1.82, 2.24) is 5.43 Å². The van der Waals surface area contributed by atoms with Gasteiger partial charge in [0.15, 0.2) is 6.54 Å². The third kappa shape index (κ3) is 2.72. The average Bonchev–Trinajstić information content (AvgIpc) is 2.75. The summed E-state index contributed by atoms with van der Waals surface area (Å²) in [5.41, 5.74) is 7.09. The van der Waals surface area contributed by atoms with Crippen molar-refractivity contribution in [3.05, 3.63) is 35.4 Å². The number of rotatable bonds is 2. The summed E-state index contributed by atoms with van der Waals surface area (Å²) in [6.45, 7) is 7.53. The first kappa shape index (κ1) is 12.2. The van der Waals surface area contributed by atoms with Crippen LogP contribution in [-0.2, 0) is 0 Å². The Hall–Kier alpha value is -1.22. The molecular formula is C14H19N2S+. The van der Waals surface area contributed by atoms with Crippen LogP contribution in [0.5, 0.6) is 0 Å². The zero-order chi connectivity index (χ0) is 12.4. The predicted octanol–water partition coefficient (Wildman–Crippen LogP) is 2.87. The topological polar surface area (TPSA) is 15.0 Å². The fourth-order valence-corrected chi connectivity index (χ4v) is 2.19. The molecule has 0 saturated carbocycles. The summed E-state index contributed by atoms with van der Waals surface area (Å²) in [5, 5.41) is 0. The highest BCUT2D eigenvalue weighted by atomic mass is 32.1. The molecule has 1 N–H and O–H groups in total. The summed E-state index contributed by atoms with van der Waals surface area (Å²) < 4.78 is 2.13. The van der Waals surface area contributed by atoms with Gasteiger partial charge in [0.1, 0.15) is 4.99 Å². The number of hydrazone groups is 1. The predicted molar refractivity (Wildman–Crippen MR) is 75.8 cm³/mol.